The summed E-state index contributed by atoms with van der Waals surface area (Å²) in [4.78, 5) is 11.2. The predicted octanol–water partition coefficient (Wildman–Crippen LogP) is 2.08. The Morgan fingerprint density at radius 2 is 2.05 bits per heavy atom. The summed E-state index contributed by atoms with van der Waals surface area (Å²) in [5.41, 5.74) is 6.27. The van der Waals surface area contributed by atoms with E-state index in [1.165, 1.54) is 13.2 Å². The molecule has 6 heteroatoms. The van der Waals surface area contributed by atoms with E-state index in [1.54, 1.807) is 12.1 Å². The first-order chi connectivity index (χ1) is 8.73. The van der Waals surface area contributed by atoms with Crippen molar-refractivity contribution in [3.63, 3.8) is 0 Å². The minimum absolute atomic E-state index is 0.233. The second-order valence-corrected chi connectivity index (χ2v) is 9.74. The van der Waals surface area contributed by atoms with Crippen molar-refractivity contribution in [3.05, 3.63) is 29.6 Å². The average molecular weight is 285 g/mol. The van der Waals surface area contributed by atoms with Crippen LogP contribution in [0.25, 0.3) is 0 Å². The van der Waals surface area contributed by atoms with Gasteiger partial charge in [0.2, 0.25) is 8.32 Å². The molecule has 0 aliphatic rings. The van der Waals surface area contributed by atoms with Crippen LogP contribution >= 0.6 is 0 Å². The topological polar surface area (TPSA) is 61.5 Å². The van der Waals surface area contributed by atoms with Gasteiger partial charge in [-0.05, 0) is 43.8 Å². The van der Waals surface area contributed by atoms with E-state index in [9.17, 15) is 9.18 Å². The highest BCUT2D eigenvalue weighted by atomic mass is 28.4. The van der Waals surface area contributed by atoms with Crippen LogP contribution < -0.4 is 10.2 Å². The molecule has 1 unspecified atom stereocenters. The number of methoxy groups -OCH3 is 1. The third-order valence-electron chi connectivity index (χ3n) is 2.37. The van der Waals surface area contributed by atoms with E-state index < -0.39 is 26.1 Å². The number of rotatable bonds is 5. The van der Waals surface area contributed by atoms with Gasteiger partial charge in [0.15, 0.2) is 5.82 Å². The Kier molecular flexibility index (Phi) is 5.08. The fraction of sp³-hybridized carbons (Fsp3) is 0.462. The summed E-state index contributed by atoms with van der Waals surface area (Å²) in [6, 6.07) is 3.85. The van der Waals surface area contributed by atoms with Gasteiger partial charge in [-0.3, -0.25) is 4.79 Å². The molecule has 0 aliphatic carbocycles. The summed E-state index contributed by atoms with van der Waals surface area (Å²) in [7, 11) is -0.570. The highest BCUT2D eigenvalue weighted by Crippen LogP contribution is 2.22. The maximum absolute atomic E-state index is 13.9. The van der Waals surface area contributed by atoms with Crippen molar-refractivity contribution in [1.82, 2.24) is 0 Å². The standard InChI is InChI=1S/C13H20FNO3Si/c1-17-13(16)11(15)8-9-5-6-12(10(14)7-9)18-19(2,3)4/h5-7,11H,8,15H2,1-4H3. The molecule has 4 nitrogen and oxygen atoms in total. The van der Waals surface area contributed by atoms with Crippen LogP contribution in [-0.4, -0.2) is 27.4 Å². The van der Waals surface area contributed by atoms with Crippen LogP contribution in [0.4, 0.5) is 4.39 Å². The quantitative estimate of drug-likeness (QED) is 0.664. The number of esters is 1. The van der Waals surface area contributed by atoms with Crippen LogP contribution in [0.2, 0.25) is 19.6 Å². The molecule has 0 aromatic heterocycles. The van der Waals surface area contributed by atoms with Crippen molar-refractivity contribution in [1.29, 1.82) is 0 Å². The van der Waals surface area contributed by atoms with E-state index in [-0.39, 0.29) is 12.2 Å². The van der Waals surface area contributed by atoms with Crippen LogP contribution in [0.15, 0.2) is 18.2 Å². The number of ether oxygens (including phenoxy) is 1. The fourth-order valence-corrected chi connectivity index (χ4v) is 2.40. The first-order valence-electron chi connectivity index (χ1n) is 6.04. The lowest BCUT2D eigenvalue weighted by molar-refractivity contribution is -0.142. The molecule has 0 aliphatic heterocycles. The van der Waals surface area contributed by atoms with Crippen molar-refractivity contribution in [2.75, 3.05) is 7.11 Å². The van der Waals surface area contributed by atoms with Crippen LogP contribution in [0.5, 0.6) is 5.75 Å². The third kappa shape index (κ3) is 5.00. The number of hydrogen-bond acceptors (Lipinski definition) is 4. The molecule has 1 rings (SSSR count). The van der Waals surface area contributed by atoms with Crippen molar-refractivity contribution in [3.8, 4) is 5.75 Å². The van der Waals surface area contributed by atoms with Crippen LogP contribution in [0.1, 0.15) is 5.56 Å². The van der Waals surface area contributed by atoms with Crippen molar-refractivity contribution >= 4 is 14.3 Å². The Hall–Kier alpha value is -1.40. The highest BCUT2D eigenvalue weighted by molar-refractivity contribution is 6.70. The zero-order chi connectivity index (χ0) is 14.6. The second-order valence-electron chi connectivity index (χ2n) is 5.31. The number of hydrogen-bond donors (Lipinski definition) is 1. The number of carbonyl (C=O) groups excluding carboxylic acids is 1. The number of carbonyl (C=O) groups is 1. The summed E-state index contributed by atoms with van der Waals surface area (Å²) in [6.07, 6.45) is 0.233. The van der Waals surface area contributed by atoms with Gasteiger partial charge in [-0.25, -0.2) is 4.39 Å². The molecule has 2 N–H and O–H groups in total. The molecule has 0 fully saturated rings. The van der Waals surface area contributed by atoms with E-state index >= 15 is 0 Å². The number of nitrogens with two attached hydrogens (primary N) is 1. The SMILES string of the molecule is COC(=O)C(N)Cc1ccc(O[Si](C)(C)C)c(F)c1. The summed E-state index contributed by atoms with van der Waals surface area (Å²) < 4.78 is 24.0. The van der Waals surface area contributed by atoms with Gasteiger partial charge in [0.25, 0.3) is 0 Å². The molecular weight excluding hydrogens is 265 g/mol. The Balaban J connectivity index is 2.80. The lowest BCUT2D eigenvalue weighted by Gasteiger charge is -2.20. The molecule has 0 spiro atoms. The van der Waals surface area contributed by atoms with Gasteiger partial charge in [-0.15, -0.1) is 0 Å². The summed E-state index contributed by atoms with van der Waals surface area (Å²) in [5.74, 6) is -0.700. The van der Waals surface area contributed by atoms with Crippen LogP contribution in [-0.2, 0) is 16.0 Å². The second kappa shape index (κ2) is 6.16. The molecule has 19 heavy (non-hydrogen) atoms. The van der Waals surface area contributed by atoms with E-state index in [0.29, 0.717) is 5.56 Å². The zero-order valence-corrected chi connectivity index (χ0v) is 12.7. The molecule has 1 aromatic rings. The lowest BCUT2D eigenvalue weighted by atomic mass is 10.1. The minimum Gasteiger partial charge on any atom is -0.542 e. The molecule has 0 heterocycles. The molecule has 0 radical (unpaired) electrons. The van der Waals surface area contributed by atoms with Crippen molar-refractivity contribution in [2.45, 2.75) is 32.1 Å². The van der Waals surface area contributed by atoms with Gasteiger partial charge in [0, 0.05) is 0 Å². The summed E-state index contributed by atoms with van der Waals surface area (Å²) in [5, 5.41) is 0. The summed E-state index contributed by atoms with van der Waals surface area (Å²) in [6.45, 7) is 5.94. The van der Waals surface area contributed by atoms with E-state index in [1.807, 2.05) is 19.6 Å². The summed E-state index contributed by atoms with van der Waals surface area (Å²) >= 11 is 0. The molecule has 1 aromatic carbocycles. The van der Waals surface area contributed by atoms with Gasteiger partial charge in [-0.1, -0.05) is 6.07 Å². The Labute approximate surface area is 113 Å². The molecule has 1 atom stereocenters. The molecule has 0 saturated carbocycles. The average Bonchev–Trinajstić information content (AvgIpc) is 2.30. The van der Waals surface area contributed by atoms with Gasteiger partial charge in [-0.2, -0.15) is 0 Å². The number of halogens is 1. The maximum atomic E-state index is 13.9. The Morgan fingerprint density at radius 1 is 1.42 bits per heavy atom. The molecule has 0 bridgehead atoms. The fourth-order valence-electron chi connectivity index (χ4n) is 1.57. The first-order valence-corrected chi connectivity index (χ1v) is 9.44. The molecule has 0 amide bonds. The van der Waals surface area contributed by atoms with Crippen LogP contribution in [0, 0.1) is 5.82 Å². The first kappa shape index (κ1) is 15.7. The van der Waals surface area contributed by atoms with Gasteiger partial charge in [0.05, 0.1) is 7.11 Å². The number of benzene rings is 1. The van der Waals surface area contributed by atoms with Crippen molar-refractivity contribution in [2.24, 2.45) is 5.73 Å². The van der Waals surface area contributed by atoms with E-state index in [0.717, 1.165) is 0 Å². The smallest absolute Gasteiger partial charge is 0.322 e. The van der Waals surface area contributed by atoms with Gasteiger partial charge < -0.3 is 14.9 Å². The third-order valence-corrected chi connectivity index (χ3v) is 3.20. The van der Waals surface area contributed by atoms with Crippen molar-refractivity contribution < 1.29 is 18.3 Å². The monoisotopic (exact) mass is 285 g/mol. The zero-order valence-electron chi connectivity index (χ0n) is 11.7. The maximum Gasteiger partial charge on any atom is 0.322 e. The van der Waals surface area contributed by atoms with E-state index in [4.69, 9.17) is 10.2 Å². The highest BCUT2D eigenvalue weighted by Gasteiger charge is 2.19. The normalized spacial score (nSPS) is 12.9. The Morgan fingerprint density at radius 3 is 2.53 bits per heavy atom. The lowest BCUT2D eigenvalue weighted by Crippen LogP contribution is -2.33. The molecule has 0 saturated heterocycles. The Bertz CT molecular complexity index is 460. The van der Waals surface area contributed by atoms with Crippen LogP contribution in [0.3, 0.4) is 0 Å². The van der Waals surface area contributed by atoms with Gasteiger partial charge >= 0.3 is 5.97 Å². The largest absolute Gasteiger partial charge is 0.542 e. The van der Waals surface area contributed by atoms with E-state index in [2.05, 4.69) is 4.74 Å². The molecule has 106 valence electrons. The molecular formula is C13H20FNO3Si. The van der Waals surface area contributed by atoms with Gasteiger partial charge in [0.1, 0.15) is 11.8 Å². The predicted molar refractivity (Wildman–Crippen MR) is 74.1 cm³/mol. The minimum atomic E-state index is -1.84.